The average molecular weight is 222 g/mol. The van der Waals surface area contributed by atoms with Crippen LogP contribution in [0.5, 0.6) is 5.88 Å². The van der Waals surface area contributed by atoms with Crippen LogP contribution in [0.4, 0.5) is 0 Å². The number of β-amino-alcohol motifs (C(OH)–C–C–N with tert-alkyl or cyclic N) is 1. The van der Waals surface area contributed by atoms with Gasteiger partial charge in [-0.05, 0) is 19.4 Å². The predicted octanol–water partition coefficient (Wildman–Crippen LogP) is 0.965. The number of methoxy groups -OCH3 is 1. The quantitative estimate of drug-likeness (QED) is 0.827. The van der Waals surface area contributed by atoms with Gasteiger partial charge >= 0.3 is 0 Å². The van der Waals surface area contributed by atoms with Gasteiger partial charge in [0.1, 0.15) is 0 Å². The molecule has 2 heterocycles. The van der Waals surface area contributed by atoms with Crippen LogP contribution in [-0.4, -0.2) is 41.3 Å². The molecule has 0 aliphatic carbocycles. The number of hydrogen-bond acceptors (Lipinski definition) is 4. The minimum atomic E-state index is -0.176. The number of aliphatic hydroxyl groups is 1. The van der Waals surface area contributed by atoms with E-state index in [-0.39, 0.29) is 6.10 Å². The first-order valence-corrected chi connectivity index (χ1v) is 5.60. The fourth-order valence-electron chi connectivity index (χ4n) is 2.06. The Morgan fingerprint density at radius 2 is 2.38 bits per heavy atom. The average Bonchev–Trinajstić information content (AvgIpc) is 2.67. The van der Waals surface area contributed by atoms with Gasteiger partial charge in [0.15, 0.2) is 0 Å². The van der Waals surface area contributed by atoms with E-state index < -0.39 is 0 Å². The summed E-state index contributed by atoms with van der Waals surface area (Å²) in [5, 5.41) is 9.46. The van der Waals surface area contributed by atoms with Gasteiger partial charge in [-0.2, -0.15) is 0 Å². The van der Waals surface area contributed by atoms with Crippen molar-refractivity contribution in [3.05, 3.63) is 23.4 Å². The number of aryl methyl sites for hydroxylation is 1. The van der Waals surface area contributed by atoms with Crippen molar-refractivity contribution < 1.29 is 9.84 Å². The lowest BCUT2D eigenvalue weighted by Crippen LogP contribution is -2.22. The highest BCUT2D eigenvalue weighted by molar-refractivity contribution is 5.28. The molecular formula is C12H18N2O2. The molecule has 4 heteroatoms. The second-order valence-electron chi connectivity index (χ2n) is 4.30. The molecule has 2 rings (SSSR count). The third-order valence-electron chi connectivity index (χ3n) is 2.91. The van der Waals surface area contributed by atoms with E-state index in [1.165, 1.54) is 0 Å². The summed E-state index contributed by atoms with van der Waals surface area (Å²) < 4.78 is 5.26. The molecule has 1 aromatic rings. The van der Waals surface area contributed by atoms with E-state index in [9.17, 15) is 5.11 Å². The fourth-order valence-corrected chi connectivity index (χ4v) is 2.06. The van der Waals surface area contributed by atoms with Crippen LogP contribution in [0, 0.1) is 6.92 Å². The molecule has 88 valence electrons. The first-order chi connectivity index (χ1) is 7.69. The molecule has 1 saturated heterocycles. The van der Waals surface area contributed by atoms with Gasteiger partial charge in [-0.1, -0.05) is 6.07 Å². The lowest BCUT2D eigenvalue weighted by molar-refractivity contribution is 0.174. The van der Waals surface area contributed by atoms with Crippen LogP contribution in [0.1, 0.15) is 17.7 Å². The van der Waals surface area contributed by atoms with Crippen molar-refractivity contribution in [1.82, 2.24) is 9.88 Å². The van der Waals surface area contributed by atoms with Crippen molar-refractivity contribution in [1.29, 1.82) is 0 Å². The summed E-state index contributed by atoms with van der Waals surface area (Å²) >= 11 is 0. The minimum absolute atomic E-state index is 0.176. The standard InChI is InChI=1S/C12H18N2O2/c1-9-3-4-10(12(13-9)16-2)7-14-6-5-11(15)8-14/h3-4,11,15H,5-8H2,1-2H3. The Labute approximate surface area is 95.9 Å². The first-order valence-electron chi connectivity index (χ1n) is 5.60. The van der Waals surface area contributed by atoms with E-state index in [2.05, 4.69) is 9.88 Å². The van der Waals surface area contributed by atoms with Gasteiger partial charge in [-0.25, -0.2) is 4.98 Å². The molecule has 1 fully saturated rings. The number of hydrogen-bond donors (Lipinski definition) is 1. The molecule has 0 saturated carbocycles. The number of pyridine rings is 1. The maximum atomic E-state index is 9.46. The van der Waals surface area contributed by atoms with Crippen molar-refractivity contribution in [2.24, 2.45) is 0 Å². The summed E-state index contributed by atoms with van der Waals surface area (Å²) in [4.78, 5) is 6.56. The molecule has 1 aliphatic rings. The van der Waals surface area contributed by atoms with E-state index in [1.807, 2.05) is 19.1 Å². The highest BCUT2D eigenvalue weighted by Gasteiger charge is 2.21. The molecule has 1 aliphatic heterocycles. The summed E-state index contributed by atoms with van der Waals surface area (Å²) in [5.74, 6) is 0.696. The van der Waals surface area contributed by atoms with Crippen LogP contribution >= 0.6 is 0 Å². The zero-order valence-electron chi connectivity index (χ0n) is 9.81. The lowest BCUT2D eigenvalue weighted by atomic mass is 10.2. The molecular weight excluding hydrogens is 204 g/mol. The molecule has 0 aromatic carbocycles. The lowest BCUT2D eigenvalue weighted by Gasteiger charge is -2.16. The second kappa shape index (κ2) is 4.80. The molecule has 16 heavy (non-hydrogen) atoms. The Kier molecular flexibility index (Phi) is 3.41. The Morgan fingerprint density at radius 1 is 1.56 bits per heavy atom. The molecule has 0 spiro atoms. The first kappa shape index (κ1) is 11.4. The zero-order chi connectivity index (χ0) is 11.5. The summed E-state index contributed by atoms with van der Waals surface area (Å²) in [6.45, 7) is 4.44. The highest BCUT2D eigenvalue weighted by Crippen LogP contribution is 2.20. The van der Waals surface area contributed by atoms with E-state index in [1.54, 1.807) is 7.11 Å². The van der Waals surface area contributed by atoms with Crippen molar-refractivity contribution >= 4 is 0 Å². The molecule has 1 atom stereocenters. The molecule has 1 aromatic heterocycles. The molecule has 0 amide bonds. The minimum Gasteiger partial charge on any atom is -0.481 e. The second-order valence-corrected chi connectivity index (χ2v) is 4.30. The van der Waals surface area contributed by atoms with E-state index in [0.29, 0.717) is 5.88 Å². The summed E-state index contributed by atoms with van der Waals surface area (Å²) in [5.41, 5.74) is 2.05. The van der Waals surface area contributed by atoms with Crippen molar-refractivity contribution in [2.75, 3.05) is 20.2 Å². The molecule has 0 bridgehead atoms. The number of rotatable bonds is 3. The Hall–Kier alpha value is -1.13. The largest absolute Gasteiger partial charge is 0.481 e. The normalized spacial score (nSPS) is 21.3. The Bertz CT molecular complexity index is 368. The number of nitrogens with zero attached hydrogens (tertiary/aromatic N) is 2. The predicted molar refractivity (Wildman–Crippen MR) is 61.4 cm³/mol. The maximum Gasteiger partial charge on any atom is 0.217 e. The monoisotopic (exact) mass is 222 g/mol. The van der Waals surface area contributed by atoms with Crippen LogP contribution in [0.3, 0.4) is 0 Å². The molecule has 0 radical (unpaired) electrons. The molecule has 4 nitrogen and oxygen atoms in total. The van der Waals surface area contributed by atoms with Crippen LogP contribution < -0.4 is 4.74 Å². The Balaban J connectivity index is 2.08. The van der Waals surface area contributed by atoms with E-state index in [4.69, 9.17) is 4.74 Å². The SMILES string of the molecule is COc1nc(C)ccc1CN1CCC(O)C1. The molecule has 1 N–H and O–H groups in total. The van der Waals surface area contributed by atoms with Crippen LogP contribution in [0.25, 0.3) is 0 Å². The maximum absolute atomic E-state index is 9.46. The third-order valence-corrected chi connectivity index (χ3v) is 2.91. The molecule has 1 unspecified atom stereocenters. The van der Waals surface area contributed by atoms with Crippen molar-refractivity contribution in [2.45, 2.75) is 26.0 Å². The van der Waals surface area contributed by atoms with Crippen LogP contribution in [-0.2, 0) is 6.54 Å². The van der Waals surface area contributed by atoms with Gasteiger partial charge in [-0.3, -0.25) is 4.90 Å². The van der Waals surface area contributed by atoms with Gasteiger partial charge in [0.05, 0.1) is 13.2 Å². The number of likely N-dealkylation sites (tertiary alicyclic amines) is 1. The highest BCUT2D eigenvalue weighted by atomic mass is 16.5. The summed E-state index contributed by atoms with van der Waals surface area (Å²) in [7, 11) is 1.64. The van der Waals surface area contributed by atoms with Gasteiger partial charge in [0.25, 0.3) is 0 Å². The van der Waals surface area contributed by atoms with E-state index in [0.717, 1.165) is 37.3 Å². The smallest absolute Gasteiger partial charge is 0.217 e. The van der Waals surface area contributed by atoms with Gasteiger partial charge in [-0.15, -0.1) is 0 Å². The summed E-state index contributed by atoms with van der Waals surface area (Å²) in [6, 6.07) is 4.04. The van der Waals surface area contributed by atoms with Crippen molar-refractivity contribution in [3.8, 4) is 5.88 Å². The Morgan fingerprint density at radius 3 is 3.00 bits per heavy atom. The van der Waals surface area contributed by atoms with Gasteiger partial charge in [0, 0.05) is 30.9 Å². The van der Waals surface area contributed by atoms with Gasteiger partial charge in [0.2, 0.25) is 5.88 Å². The zero-order valence-corrected chi connectivity index (χ0v) is 9.81. The third kappa shape index (κ3) is 2.51. The topological polar surface area (TPSA) is 45.6 Å². The number of ether oxygens (including phenoxy) is 1. The van der Waals surface area contributed by atoms with E-state index >= 15 is 0 Å². The van der Waals surface area contributed by atoms with Crippen LogP contribution in [0.2, 0.25) is 0 Å². The number of aromatic nitrogens is 1. The van der Waals surface area contributed by atoms with Crippen molar-refractivity contribution in [3.63, 3.8) is 0 Å². The fraction of sp³-hybridized carbons (Fsp3) is 0.583. The van der Waals surface area contributed by atoms with Gasteiger partial charge < -0.3 is 9.84 Å². The summed E-state index contributed by atoms with van der Waals surface area (Å²) in [6.07, 6.45) is 0.686. The number of aliphatic hydroxyl groups excluding tert-OH is 1. The van der Waals surface area contributed by atoms with Crippen LogP contribution in [0.15, 0.2) is 12.1 Å².